The van der Waals surface area contributed by atoms with E-state index < -0.39 is 0 Å². The Morgan fingerprint density at radius 3 is 1.82 bits per heavy atom. The lowest BCUT2D eigenvalue weighted by Crippen LogP contribution is -2.10. The van der Waals surface area contributed by atoms with E-state index in [0.29, 0.717) is 0 Å². The van der Waals surface area contributed by atoms with E-state index in [1.807, 2.05) is 11.3 Å². The molecule has 0 radical (unpaired) electrons. The molecule has 0 aliphatic carbocycles. The first kappa shape index (κ1) is 21.4. The van der Waals surface area contributed by atoms with Crippen LogP contribution < -0.4 is 4.90 Å². The van der Waals surface area contributed by atoms with Crippen LogP contribution in [0.5, 0.6) is 0 Å². The molecule has 0 unspecified atom stereocenters. The first-order chi connectivity index (χ1) is 18.8. The predicted molar refractivity (Wildman–Crippen MR) is 167 cm³/mol. The standard InChI is InChI=1S/C36H23NS/c1-2-14-28(15-3-1)37(29-19-18-24-10-4-5-11-25(24)20-29)33-23-35-36(31-17-9-8-16-30(31)33)32-21-26-12-6-7-13-27(26)22-34(32)38-35/h1-23H. The summed E-state index contributed by atoms with van der Waals surface area (Å²) in [5.41, 5.74) is 3.51. The van der Waals surface area contributed by atoms with E-state index in [4.69, 9.17) is 0 Å². The second kappa shape index (κ2) is 8.44. The van der Waals surface area contributed by atoms with Crippen LogP contribution in [0.15, 0.2) is 140 Å². The van der Waals surface area contributed by atoms with Crippen LogP contribution in [0, 0.1) is 0 Å². The Morgan fingerprint density at radius 1 is 0.395 bits per heavy atom. The van der Waals surface area contributed by atoms with Crippen molar-refractivity contribution in [1.82, 2.24) is 0 Å². The maximum atomic E-state index is 2.41. The molecule has 0 N–H and O–H groups in total. The minimum atomic E-state index is 1.15. The number of rotatable bonds is 3. The summed E-state index contributed by atoms with van der Waals surface area (Å²) in [6.45, 7) is 0. The van der Waals surface area contributed by atoms with Crippen LogP contribution in [0.4, 0.5) is 17.1 Å². The lowest BCUT2D eigenvalue weighted by atomic mass is 9.99. The van der Waals surface area contributed by atoms with Crippen molar-refractivity contribution >= 4 is 80.9 Å². The molecule has 38 heavy (non-hydrogen) atoms. The van der Waals surface area contributed by atoms with Gasteiger partial charge in [-0.05, 0) is 69.4 Å². The van der Waals surface area contributed by atoms with Gasteiger partial charge < -0.3 is 4.90 Å². The topological polar surface area (TPSA) is 3.24 Å². The van der Waals surface area contributed by atoms with E-state index in [-0.39, 0.29) is 0 Å². The third-order valence-corrected chi connectivity index (χ3v) is 8.67. The van der Waals surface area contributed by atoms with E-state index in [2.05, 4.69) is 144 Å². The van der Waals surface area contributed by atoms with Gasteiger partial charge in [-0.25, -0.2) is 0 Å². The molecule has 0 spiro atoms. The number of anilines is 3. The molecular formula is C36H23NS. The van der Waals surface area contributed by atoms with Gasteiger partial charge in [0.15, 0.2) is 0 Å². The number of hydrogen-bond acceptors (Lipinski definition) is 2. The summed E-state index contributed by atoms with van der Waals surface area (Å²) in [4.78, 5) is 2.41. The molecule has 8 aromatic rings. The average Bonchev–Trinajstić information content (AvgIpc) is 3.34. The zero-order chi connectivity index (χ0) is 25.1. The Bertz CT molecular complexity index is 2140. The van der Waals surface area contributed by atoms with Crippen molar-refractivity contribution in [1.29, 1.82) is 0 Å². The highest BCUT2D eigenvalue weighted by molar-refractivity contribution is 7.26. The molecule has 7 aromatic carbocycles. The van der Waals surface area contributed by atoms with Crippen LogP contribution in [-0.4, -0.2) is 0 Å². The minimum absolute atomic E-state index is 1.15. The number of nitrogens with zero attached hydrogens (tertiary/aromatic N) is 1. The zero-order valence-electron chi connectivity index (χ0n) is 20.6. The summed E-state index contributed by atoms with van der Waals surface area (Å²) in [5, 5.41) is 10.3. The Hall–Kier alpha value is -4.66. The van der Waals surface area contributed by atoms with Crippen molar-refractivity contribution < 1.29 is 0 Å². The molecule has 0 atom stereocenters. The van der Waals surface area contributed by atoms with Crippen molar-refractivity contribution in [3.63, 3.8) is 0 Å². The van der Waals surface area contributed by atoms with Crippen LogP contribution in [0.1, 0.15) is 0 Å². The molecule has 178 valence electrons. The van der Waals surface area contributed by atoms with E-state index in [1.165, 1.54) is 58.2 Å². The third kappa shape index (κ3) is 3.31. The van der Waals surface area contributed by atoms with Gasteiger partial charge in [0.1, 0.15) is 0 Å². The van der Waals surface area contributed by atoms with Gasteiger partial charge in [-0.2, -0.15) is 0 Å². The smallest absolute Gasteiger partial charge is 0.0554 e. The van der Waals surface area contributed by atoms with Gasteiger partial charge in [0, 0.05) is 36.9 Å². The molecular weight excluding hydrogens is 478 g/mol. The molecule has 0 saturated carbocycles. The number of hydrogen-bond donors (Lipinski definition) is 0. The maximum Gasteiger partial charge on any atom is 0.0554 e. The fourth-order valence-corrected chi connectivity index (χ4v) is 7.00. The van der Waals surface area contributed by atoms with Gasteiger partial charge in [0.25, 0.3) is 0 Å². The quantitative estimate of drug-likeness (QED) is 0.233. The van der Waals surface area contributed by atoms with Crippen molar-refractivity contribution in [2.24, 2.45) is 0 Å². The molecule has 0 saturated heterocycles. The Labute approximate surface area is 224 Å². The monoisotopic (exact) mass is 501 g/mol. The summed E-state index contributed by atoms with van der Waals surface area (Å²) in [6, 6.07) is 50.7. The van der Waals surface area contributed by atoms with Gasteiger partial charge in [-0.15, -0.1) is 11.3 Å². The Kier molecular flexibility index (Phi) is 4.76. The summed E-state index contributed by atoms with van der Waals surface area (Å²) in [5.74, 6) is 0. The Morgan fingerprint density at radius 2 is 1.03 bits per heavy atom. The highest BCUT2D eigenvalue weighted by Gasteiger charge is 2.19. The lowest BCUT2D eigenvalue weighted by molar-refractivity contribution is 1.31. The molecule has 1 nitrogen and oxygen atoms in total. The molecule has 1 aromatic heterocycles. The van der Waals surface area contributed by atoms with Crippen molar-refractivity contribution in [3.8, 4) is 0 Å². The average molecular weight is 502 g/mol. The summed E-state index contributed by atoms with van der Waals surface area (Å²) in [7, 11) is 0. The number of benzene rings is 7. The molecule has 0 amide bonds. The molecule has 1 heterocycles. The third-order valence-electron chi connectivity index (χ3n) is 7.57. The van der Waals surface area contributed by atoms with E-state index in [9.17, 15) is 0 Å². The van der Waals surface area contributed by atoms with Crippen LogP contribution >= 0.6 is 11.3 Å². The van der Waals surface area contributed by atoms with Crippen LogP contribution in [-0.2, 0) is 0 Å². The van der Waals surface area contributed by atoms with E-state index in [0.717, 1.165) is 11.4 Å². The predicted octanol–water partition coefficient (Wildman–Crippen LogP) is 11.0. The SMILES string of the molecule is c1ccc(N(c2ccc3ccccc3c2)c2cc3sc4cc5ccccc5cc4c3c3ccccc23)cc1. The van der Waals surface area contributed by atoms with Crippen molar-refractivity contribution in [2.45, 2.75) is 0 Å². The molecule has 0 aliphatic heterocycles. The summed E-state index contributed by atoms with van der Waals surface area (Å²) < 4.78 is 2.64. The molecule has 0 bridgehead atoms. The summed E-state index contributed by atoms with van der Waals surface area (Å²) >= 11 is 1.89. The second-order valence-corrected chi connectivity index (χ2v) is 10.9. The highest BCUT2D eigenvalue weighted by atomic mass is 32.1. The number of para-hydroxylation sites is 1. The summed E-state index contributed by atoms with van der Waals surface area (Å²) in [6.07, 6.45) is 0. The molecule has 8 rings (SSSR count). The van der Waals surface area contributed by atoms with Gasteiger partial charge in [0.05, 0.1) is 5.69 Å². The van der Waals surface area contributed by atoms with Gasteiger partial charge in [0.2, 0.25) is 0 Å². The van der Waals surface area contributed by atoms with Crippen LogP contribution in [0.3, 0.4) is 0 Å². The zero-order valence-corrected chi connectivity index (χ0v) is 21.5. The molecule has 2 heteroatoms. The van der Waals surface area contributed by atoms with Crippen LogP contribution in [0.25, 0.3) is 52.5 Å². The normalized spacial score (nSPS) is 11.7. The Balaban J connectivity index is 1.47. The van der Waals surface area contributed by atoms with Crippen LogP contribution in [0.2, 0.25) is 0 Å². The fraction of sp³-hybridized carbons (Fsp3) is 0. The lowest BCUT2D eigenvalue weighted by Gasteiger charge is -2.27. The van der Waals surface area contributed by atoms with Crippen molar-refractivity contribution in [2.75, 3.05) is 4.90 Å². The largest absolute Gasteiger partial charge is 0.310 e. The maximum absolute atomic E-state index is 2.41. The first-order valence-corrected chi connectivity index (χ1v) is 13.8. The van der Waals surface area contributed by atoms with Gasteiger partial charge in [-0.3, -0.25) is 0 Å². The number of fused-ring (bicyclic) bond motifs is 7. The fourth-order valence-electron chi connectivity index (χ4n) is 5.81. The number of thiophene rings is 1. The molecule has 0 fully saturated rings. The molecule has 0 aliphatic rings. The first-order valence-electron chi connectivity index (χ1n) is 12.9. The van der Waals surface area contributed by atoms with E-state index in [1.54, 1.807) is 0 Å². The highest BCUT2D eigenvalue weighted by Crippen LogP contribution is 2.47. The van der Waals surface area contributed by atoms with Crippen molar-refractivity contribution in [3.05, 3.63) is 140 Å². The van der Waals surface area contributed by atoms with Gasteiger partial charge in [-0.1, -0.05) is 97.1 Å². The van der Waals surface area contributed by atoms with Gasteiger partial charge >= 0.3 is 0 Å². The second-order valence-electron chi connectivity index (χ2n) is 9.81. The van der Waals surface area contributed by atoms with E-state index >= 15 is 0 Å². The minimum Gasteiger partial charge on any atom is -0.310 e.